The summed E-state index contributed by atoms with van der Waals surface area (Å²) in [4.78, 5) is 0. The Morgan fingerprint density at radius 2 is 1.68 bits per heavy atom. The van der Waals surface area contributed by atoms with Crippen molar-refractivity contribution in [2.24, 2.45) is 0 Å². The number of rotatable bonds is 9. The average molecular weight is 414 g/mol. The monoisotopic (exact) mass is 413 g/mol. The van der Waals surface area contributed by atoms with E-state index in [1.807, 2.05) is 24.3 Å². The van der Waals surface area contributed by atoms with Crippen LogP contribution in [0.2, 0.25) is 10.0 Å². The summed E-state index contributed by atoms with van der Waals surface area (Å²) >= 11 is 12.0. The van der Waals surface area contributed by atoms with Crippen molar-refractivity contribution in [3.8, 4) is 5.75 Å². The Hall–Kier alpha value is -2.00. The number of benzene rings is 3. The Labute approximate surface area is 177 Å². The quantitative estimate of drug-likeness (QED) is 0.400. The molecular weight excluding hydrogens is 389 g/mol. The SMILES string of the molecule is CCCC(NCc1cccc(OCc2ccc(Cl)c(Cl)c2)c1)c1ccccc1. The highest BCUT2D eigenvalue weighted by molar-refractivity contribution is 6.42. The highest BCUT2D eigenvalue weighted by Gasteiger charge is 2.10. The van der Waals surface area contributed by atoms with E-state index in [4.69, 9.17) is 27.9 Å². The fourth-order valence-electron chi connectivity index (χ4n) is 3.14. The number of ether oxygens (including phenoxy) is 1. The highest BCUT2D eigenvalue weighted by atomic mass is 35.5. The third kappa shape index (κ3) is 6.00. The zero-order chi connectivity index (χ0) is 19.8. The number of hydrogen-bond donors (Lipinski definition) is 1. The first-order valence-corrected chi connectivity index (χ1v) is 10.4. The van der Waals surface area contributed by atoms with Crippen LogP contribution in [-0.2, 0) is 13.2 Å². The summed E-state index contributed by atoms with van der Waals surface area (Å²) in [5.41, 5.74) is 3.52. The van der Waals surface area contributed by atoms with Crippen LogP contribution in [0.5, 0.6) is 5.75 Å². The van der Waals surface area contributed by atoms with E-state index in [0.717, 1.165) is 30.7 Å². The van der Waals surface area contributed by atoms with Crippen LogP contribution >= 0.6 is 23.2 Å². The van der Waals surface area contributed by atoms with E-state index in [0.29, 0.717) is 22.7 Å². The van der Waals surface area contributed by atoms with E-state index in [2.05, 4.69) is 54.7 Å². The predicted octanol–water partition coefficient (Wildman–Crippen LogP) is 7.20. The summed E-state index contributed by atoms with van der Waals surface area (Å²) in [6.07, 6.45) is 2.25. The molecule has 0 radical (unpaired) electrons. The maximum Gasteiger partial charge on any atom is 0.120 e. The second-order valence-corrected chi connectivity index (χ2v) is 7.63. The lowest BCUT2D eigenvalue weighted by molar-refractivity contribution is 0.306. The van der Waals surface area contributed by atoms with Gasteiger partial charge in [-0.1, -0.05) is 85.1 Å². The number of halogens is 2. The molecule has 0 aliphatic heterocycles. The molecule has 0 spiro atoms. The molecule has 3 aromatic rings. The Bertz CT molecular complexity index is 883. The van der Waals surface area contributed by atoms with Crippen molar-refractivity contribution in [1.82, 2.24) is 5.32 Å². The molecule has 0 saturated carbocycles. The van der Waals surface area contributed by atoms with Gasteiger partial charge in [0.05, 0.1) is 10.0 Å². The van der Waals surface area contributed by atoms with Crippen LogP contribution in [0.3, 0.4) is 0 Å². The molecule has 3 aromatic carbocycles. The standard InChI is InChI=1S/C24H25Cl2NO/c1-2-7-24(20-9-4-3-5-10-20)27-16-18-8-6-11-21(14-18)28-17-19-12-13-22(25)23(26)15-19/h3-6,8-15,24,27H,2,7,16-17H2,1H3. The minimum Gasteiger partial charge on any atom is -0.489 e. The fraction of sp³-hybridized carbons (Fsp3) is 0.250. The molecule has 0 amide bonds. The van der Waals surface area contributed by atoms with Gasteiger partial charge in [-0.15, -0.1) is 0 Å². The van der Waals surface area contributed by atoms with E-state index in [1.54, 1.807) is 6.07 Å². The van der Waals surface area contributed by atoms with Crippen LogP contribution in [0, 0.1) is 0 Å². The molecule has 0 aliphatic rings. The van der Waals surface area contributed by atoms with Crippen LogP contribution in [0.4, 0.5) is 0 Å². The van der Waals surface area contributed by atoms with Gasteiger partial charge in [-0.05, 0) is 47.4 Å². The van der Waals surface area contributed by atoms with Crippen molar-refractivity contribution in [1.29, 1.82) is 0 Å². The molecule has 0 fully saturated rings. The van der Waals surface area contributed by atoms with Crippen molar-refractivity contribution in [2.45, 2.75) is 39.0 Å². The Balaban J connectivity index is 1.60. The summed E-state index contributed by atoms with van der Waals surface area (Å²) in [7, 11) is 0. The third-order valence-electron chi connectivity index (χ3n) is 4.62. The first-order chi connectivity index (χ1) is 13.7. The number of hydrogen-bond acceptors (Lipinski definition) is 2. The van der Waals surface area contributed by atoms with Crippen LogP contribution in [-0.4, -0.2) is 0 Å². The van der Waals surface area contributed by atoms with E-state index >= 15 is 0 Å². The highest BCUT2D eigenvalue weighted by Crippen LogP contribution is 2.24. The van der Waals surface area contributed by atoms with Crippen LogP contribution in [0.25, 0.3) is 0 Å². The second-order valence-electron chi connectivity index (χ2n) is 6.82. The first kappa shape index (κ1) is 20.7. The maximum atomic E-state index is 6.07. The molecule has 1 unspecified atom stereocenters. The molecule has 4 heteroatoms. The van der Waals surface area contributed by atoms with E-state index in [-0.39, 0.29) is 0 Å². The minimum atomic E-state index is 0.354. The second kappa shape index (κ2) is 10.5. The first-order valence-electron chi connectivity index (χ1n) is 9.59. The van der Waals surface area contributed by atoms with Gasteiger partial charge in [-0.2, -0.15) is 0 Å². The topological polar surface area (TPSA) is 21.3 Å². The molecule has 1 atom stereocenters. The fourth-order valence-corrected chi connectivity index (χ4v) is 3.46. The Morgan fingerprint density at radius 3 is 2.43 bits per heavy atom. The van der Waals surface area contributed by atoms with Crippen molar-refractivity contribution in [2.75, 3.05) is 0 Å². The van der Waals surface area contributed by atoms with Crippen molar-refractivity contribution >= 4 is 23.2 Å². The molecule has 0 aromatic heterocycles. The van der Waals surface area contributed by atoms with E-state index in [1.165, 1.54) is 11.1 Å². The van der Waals surface area contributed by atoms with E-state index in [9.17, 15) is 0 Å². The van der Waals surface area contributed by atoms with Gasteiger partial charge in [-0.3, -0.25) is 0 Å². The van der Waals surface area contributed by atoms with Gasteiger partial charge in [0.25, 0.3) is 0 Å². The van der Waals surface area contributed by atoms with Gasteiger partial charge in [0, 0.05) is 12.6 Å². The van der Waals surface area contributed by atoms with Crippen LogP contribution < -0.4 is 10.1 Å². The molecule has 1 N–H and O–H groups in total. The Morgan fingerprint density at radius 1 is 0.857 bits per heavy atom. The van der Waals surface area contributed by atoms with Gasteiger partial charge in [0.15, 0.2) is 0 Å². The summed E-state index contributed by atoms with van der Waals surface area (Å²) in [6, 6.07) is 24.7. The zero-order valence-corrected chi connectivity index (χ0v) is 17.5. The van der Waals surface area contributed by atoms with Crippen molar-refractivity contribution in [3.63, 3.8) is 0 Å². The summed E-state index contributed by atoms with van der Waals surface area (Å²) in [5.74, 6) is 0.845. The molecule has 28 heavy (non-hydrogen) atoms. The van der Waals surface area contributed by atoms with Crippen LogP contribution in [0.1, 0.15) is 42.5 Å². The van der Waals surface area contributed by atoms with Gasteiger partial charge in [0.1, 0.15) is 12.4 Å². The lowest BCUT2D eigenvalue weighted by Crippen LogP contribution is -2.20. The molecule has 3 rings (SSSR count). The van der Waals surface area contributed by atoms with Crippen molar-refractivity contribution < 1.29 is 4.74 Å². The summed E-state index contributed by atoms with van der Waals surface area (Å²) in [5, 5.41) is 4.78. The number of nitrogens with one attached hydrogen (secondary N) is 1. The lowest BCUT2D eigenvalue weighted by atomic mass is 10.0. The third-order valence-corrected chi connectivity index (χ3v) is 5.36. The van der Waals surface area contributed by atoms with Crippen LogP contribution in [0.15, 0.2) is 72.8 Å². The van der Waals surface area contributed by atoms with Gasteiger partial charge < -0.3 is 10.1 Å². The van der Waals surface area contributed by atoms with Gasteiger partial charge in [0.2, 0.25) is 0 Å². The molecule has 2 nitrogen and oxygen atoms in total. The zero-order valence-electron chi connectivity index (χ0n) is 16.0. The molecule has 0 aliphatic carbocycles. The Kier molecular flexibility index (Phi) is 7.79. The van der Waals surface area contributed by atoms with E-state index < -0.39 is 0 Å². The summed E-state index contributed by atoms with van der Waals surface area (Å²) < 4.78 is 5.94. The molecule has 0 heterocycles. The lowest BCUT2D eigenvalue weighted by Gasteiger charge is -2.19. The minimum absolute atomic E-state index is 0.354. The normalized spacial score (nSPS) is 12.0. The molecular formula is C24H25Cl2NO. The smallest absolute Gasteiger partial charge is 0.120 e. The largest absolute Gasteiger partial charge is 0.489 e. The molecule has 0 bridgehead atoms. The van der Waals surface area contributed by atoms with Crippen molar-refractivity contribution in [3.05, 3.63) is 99.5 Å². The summed E-state index contributed by atoms with van der Waals surface area (Å²) in [6.45, 7) is 3.47. The predicted molar refractivity (Wildman–Crippen MR) is 118 cm³/mol. The molecule has 146 valence electrons. The van der Waals surface area contributed by atoms with Gasteiger partial charge in [-0.25, -0.2) is 0 Å². The average Bonchev–Trinajstić information content (AvgIpc) is 2.73. The maximum absolute atomic E-state index is 6.07. The molecule has 0 saturated heterocycles. The van der Waals surface area contributed by atoms with Gasteiger partial charge >= 0.3 is 0 Å².